The normalized spacial score (nSPS) is 41.6. The Kier molecular flexibility index (Phi) is 12.5. The van der Waals surface area contributed by atoms with Gasteiger partial charge in [0.05, 0.1) is 30.2 Å². The molecule has 0 aromatic heterocycles. The van der Waals surface area contributed by atoms with E-state index >= 15 is 0 Å². The van der Waals surface area contributed by atoms with Gasteiger partial charge in [-0.2, -0.15) is 0 Å². The standard InChI is InChI=1S/C34H56N2O10/c1-12-14-15-36-30-20(6)25(37)17(3)16-18(4)29(45-32-28(40)24(35(10)11)27(39)22(8)43-32)19(5)26(38)21(7)31(41)44-23(13-2)34(30,9)46-33(36)42/h17,19-24,27-28,30,32,39-40H,12-16H2,1-11H3/b29-18+/t17-,19?,20+,21-,22?,23?,24?,27?,28?,30?,32?,34-/m1/s1. The third-order valence-electron chi connectivity index (χ3n) is 10.2. The Morgan fingerprint density at radius 2 is 1.61 bits per heavy atom. The second-order valence-corrected chi connectivity index (χ2v) is 13.9. The van der Waals surface area contributed by atoms with Crippen molar-refractivity contribution < 1.29 is 48.3 Å². The fourth-order valence-corrected chi connectivity index (χ4v) is 7.46. The molecule has 2 fully saturated rings. The van der Waals surface area contributed by atoms with E-state index in [0.717, 1.165) is 6.42 Å². The molecule has 3 aliphatic rings. The summed E-state index contributed by atoms with van der Waals surface area (Å²) in [7, 11) is 3.46. The number of cyclic esters (lactones) is 1. The van der Waals surface area contributed by atoms with E-state index in [0.29, 0.717) is 25.0 Å². The van der Waals surface area contributed by atoms with Gasteiger partial charge >= 0.3 is 12.1 Å². The van der Waals surface area contributed by atoms with Gasteiger partial charge in [-0.25, -0.2) is 4.79 Å². The van der Waals surface area contributed by atoms with E-state index < -0.39 is 89.9 Å². The molecule has 0 aromatic rings. The molecule has 46 heavy (non-hydrogen) atoms. The Morgan fingerprint density at radius 3 is 2.17 bits per heavy atom. The smallest absolute Gasteiger partial charge is 0.410 e. The highest BCUT2D eigenvalue weighted by Gasteiger charge is 2.59. The van der Waals surface area contributed by atoms with E-state index in [1.165, 1.54) is 6.92 Å². The number of hydrogen-bond donors (Lipinski definition) is 2. The lowest BCUT2D eigenvalue weighted by atomic mass is 9.76. The second kappa shape index (κ2) is 15.1. The first-order valence-corrected chi connectivity index (χ1v) is 16.7. The van der Waals surface area contributed by atoms with E-state index in [4.69, 9.17) is 18.9 Å². The molecule has 0 aliphatic carbocycles. The number of unbranched alkanes of at least 4 members (excludes halogenated alkanes) is 1. The summed E-state index contributed by atoms with van der Waals surface area (Å²) >= 11 is 0. The molecular weight excluding hydrogens is 596 g/mol. The van der Waals surface area contributed by atoms with Crippen LogP contribution in [-0.2, 0) is 33.3 Å². The minimum absolute atomic E-state index is 0.112. The molecule has 0 aromatic carbocycles. The lowest BCUT2D eigenvalue weighted by Crippen LogP contribution is -2.62. The number of carbonyl (C=O) groups is 4. The minimum Gasteiger partial charge on any atom is -0.466 e. The molecular formula is C34H56N2O10. The summed E-state index contributed by atoms with van der Waals surface area (Å²) in [5.41, 5.74) is -0.737. The maximum Gasteiger partial charge on any atom is 0.410 e. The van der Waals surface area contributed by atoms with Gasteiger partial charge in [0, 0.05) is 18.4 Å². The molecule has 12 atom stereocenters. The maximum absolute atomic E-state index is 14.1. The molecule has 1 amide bonds. The zero-order valence-electron chi connectivity index (χ0n) is 29.4. The van der Waals surface area contributed by atoms with E-state index in [1.54, 1.807) is 65.4 Å². The molecule has 12 heteroatoms. The van der Waals surface area contributed by atoms with Crippen LogP contribution in [-0.4, -0.2) is 113 Å². The van der Waals surface area contributed by atoms with Crippen molar-refractivity contribution in [3.8, 4) is 0 Å². The van der Waals surface area contributed by atoms with Gasteiger partial charge in [0.1, 0.15) is 29.7 Å². The lowest BCUT2D eigenvalue weighted by Gasteiger charge is -2.44. The predicted octanol–water partition coefficient (Wildman–Crippen LogP) is 3.46. The predicted molar refractivity (Wildman–Crippen MR) is 169 cm³/mol. The Bertz CT molecular complexity index is 1170. The summed E-state index contributed by atoms with van der Waals surface area (Å²) < 4.78 is 24.1. The number of hydrogen-bond acceptors (Lipinski definition) is 11. The van der Waals surface area contributed by atoms with Crippen molar-refractivity contribution in [2.75, 3.05) is 20.6 Å². The number of carbonyl (C=O) groups excluding carboxylic acids is 4. The van der Waals surface area contributed by atoms with Crippen LogP contribution in [0.3, 0.4) is 0 Å². The number of allylic oxidation sites excluding steroid dienone is 2. The van der Waals surface area contributed by atoms with Gasteiger partial charge in [0.2, 0.25) is 6.29 Å². The van der Waals surface area contributed by atoms with Crippen molar-refractivity contribution in [3.05, 3.63) is 11.3 Å². The minimum atomic E-state index is -1.32. The van der Waals surface area contributed by atoms with Gasteiger partial charge in [-0.05, 0) is 73.5 Å². The van der Waals surface area contributed by atoms with E-state index in [-0.39, 0.29) is 18.0 Å². The molecule has 12 nitrogen and oxygen atoms in total. The number of esters is 1. The van der Waals surface area contributed by atoms with Gasteiger partial charge in [0.15, 0.2) is 11.4 Å². The third-order valence-corrected chi connectivity index (χ3v) is 10.2. The van der Waals surface area contributed by atoms with Crippen LogP contribution in [0.2, 0.25) is 0 Å². The summed E-state index contributed by atoms with van der Waals surface area (Å²) in [6, 6.07) is -1.41. The first kappa shape index (κ1) is 37.9. The summed E-state index contributed by atoms with van der Waals surface area (Å²) in [5, 5.41) is 21.9. The first-order chi connectivity index (χ1) is 21.4. The fraction of sp³-hybridized carbons (Fsp3) is 0.824. The average Bonchev–Trinajstić information content (AvgIpc) is 3.26. The lowest BCUT2D eigenvalue weighted by molar-refractivity contribution is -0.270. The van der Waals surface area contributed by atoms with Crippen molar-refractivity contribution in [3.63, 3.8) is 0 Å². The summed E-state index contributed by atoms with van der Waals surface area (Å²) in [6.45, 7) is 16.0. The van der Waals surface area contributed by atoms with Gasteiger partial charge in [-0.1, -0.05) is 34.1 Å². The highest BCUT2D eigenvalue weighted by molar-refractivity contribution is 6.00. The number of likely N-dealkylation sites (N-methyl/N-ethyl adjacent to an activating group) is 1. The number of fused-ring (bicyclic) bond motifs is 1. The summed E-state index contributed by atoms with van der Waals surface area (Å²) in [5.74, 6) is -4.53. The van der Waals surface area contributed by atoms with Gasteiger partial charge < -0.3 is 39.0 Å². The second-order valence-electron chi connectivity index (χ2n) is 13.9. The van der Waals surface area contributed by atoms with Crippen molar-refractivity contribution in [1.29, 1.82) is 0 Å². The first-order valence-electron chi connectivity index (χ1n) is 16.7. The van der Waals surface area contributed by atoms with Crippen LogP contribution in [0.5, 0.6) is 0 Å². The highest BCUT2D eigenvalue weighted by Crippen LogP contribution is 2.42. The van der Waals surface area contributed by atoms with Crippen molar-refractivity contribution in [2.24, 2.45) is 23.7 Å². The molecule has 262 valence electrons. The Hall–Kier alpha value is -2.54. The van der Waals surface area contributed by atoms with Crippen molar-refractivity contribution >= 4 is 23.6 Å². The third kappa shape index (κ3) is 7.29. The average molecular weight is 653 g/mol. The largest absolute Gasteiger partial charge is 0.466 e. The van der Waals surface area contributed by atoms with Crippen LogP contribution in [0.15, 0.2) is 11.3 Å². The number of rotatable bonds is 7. The van der Waals surface area contributed by atoms with E-state index in [2.05, 4.69) is 0 Å². The quantitative estimate of drug-likeness (QED) is 0.307. The SMILES string of the molecule is CCCCN1C(=O)O[C@]2(C)C(CC)OC(=O)[C@H](C)C(=O)C(C)/C(OC3OC(C)C(O)C(N(C)C)C3O)=C(/C)C[C@@H](C)C(=O)[C@H](C)C12. The number of ketones is 2. The summed E-state index contributed by atoms with van der Waals surface area (Å²) in [4.78, 5) is 58.2. The molecule has 3 aliphatic heterocycles. The van der Waals surface area contributed by atoms with Crippen LogP contribution in [0.25, 0.3) is 0 Å². The topological polar surface area (TPSA) is 152 Å². The number of nitrogens with zero attached hydrogens (tertiary/aromatic N) is 2. The van der Waals surface area contributed by atoms with E-state index in [9.17, 15) is 29.4 Å². The Morgan fingerprint density at radius 1 is 0.978 bits per heavy atom. The van der Waals surface area contributed by atoms with Crippen LogP contribution in [0.4, 0.5) is 4.79 Å². The molecule has 0 radical (unpaired) electrons. The number of Topliss-reactive ketones (excluding diaryl/α,β-unsaturated/α-hetero) is 2. The molecule has 2 saturated heterocycles. The van der Waals surface area contributed by atoms with Crippen LogP contribution >= 0.6 is 0 Å². The highest BCUT2D eigenvalue weighted by atomic mass is 16.7. The van der Waals surface area contributed by atoms with Gasteiger partial charge in [0.25, 0.3) is 0 Å². The van der Waals surface area contributed by atoms with E-state index in [1.807, 2.05) is 13.8 Å². The number of aliphatic hydroxyl groups excluding tert-OH is 2. The molecule has 0 bridgehead atoms. The van der Waals surface area contributed by atoms with Gasteiger partial charge in [-0.3, -0.25) is 14.4 Å². The number of aliphatic hydroxyl groups is 2. The fourth-order valence-electron chi connectivity index (χ4n) is 7.46. The Labute approximate surface area is 273 Å². The molecule has 3 rings (SSSR count). The molecule has 0 spiro atoms. The monoisotopic (exact) mass is 652 g/mol. The molecule has 2 N–H and O–H groups in total. The number of ether oxygens (including phenoxy) is 4. The molecule has 0 saturated carbocycles. The zero-order valence-corrected chi connectivity index (χ0v) is 29.4. The summed E-state index contributed by atoms with van der Waals surface area (Å²) in [6.07, 6.45) is -3.58. The zero-order chi connectivity index (χ0) is 34.8. The van der Waals surface area contributed by atoms with Gasteiger partial charge in [-0.15, -0.1) is 0 Å². The van der Waals surface area contributed by atoms with Crippen LogP contribution < -0.4 is 0 Å². The Balaban J connectivity index is 2.11. The van der Waals surface area contributed by atoms with Crippen LogP contribution in [0, 0.1) is 23.7 Å². The number of amides is 1. The van der Waals surface area contributed by atoms with Crippen molar-refractivity contribution in [1.82, 2.24) is 9.80 Å². The molecule has 8 unspecified atom stereocenters. The molecule has 3 heterocycles. The van der Waals surface area contributed by atoms with Crippen LogP contribution in [0.1, 0.15) is 88.0 Å². The van der Waals surface area contributed by atoms with Crippen molar-refractivity contribution in [2.45, 2.75) is 136 Å². The maximum atomic E-state index is 14.1.